The van der Waals surface area contributed by atoms with Gasteiger partial charge in [0, 0.05) is 18.5 Å². The first-order valence-electron chi connectivity index (χ1n) is 6.73. The topological polar surface area (TPSA) is 55.3 Å². The van der Waals surface area contributed by atoms with Gasteiger partial charge in [-0.1, -0.05) is 36.4 Å². The largest absolute Gasteiger partial charge is 0.431 e. The van der Waals surface area contributed by atoms with E-state index < -0.39 is 0 Å². The molecule has 4 nitrogen and oxygen atoms in total. The highest BCUT2D eigenvalue weighted by atomic mass is 16.4. The summed E-state index contributed by atoms with van der Waals surface area (Å²) in [5.41, 5.74) is 7.45. The van der Waals surface area contributed by atoms with E-state index in [1.165, 1.54) is 10.8 Å². The van der Waals surface area contributed by atoms with Crippen LogP contribution in [0.1, 0.15) is 12.6 Å². The van der Waals surface area contributed by atoms with Gasteiger partial charge in [-0.15, -0.1) is 0 Å². The molecule has 1 aromatic heterocycles. The van der Waals surface area contributed by atoms with Crippen molar-refractivity contribution >= 4 is 22.5 Å². The minimum absolute atomic E-state index is 0.386. The van der Waals surface area contributed by atoms with E-state index in [1.54, 1.807) is 6.26 Å². The molecule has 0 amide bonds. The van der Waals surface area contributed by atoms with Gasteiger partial charge in [-0.25, -0.2) is 0 Å². The van der Waals surface area contributed by atoms with E-state index >= 15 is 0 Å². The summed E-state index contributed by atoms with van der Waals surface area (Å²) in [6, 6.07) is 15.1. The van der Waals surface area contributed by atoms with Gasteiger partial charge in [0.25, 0.3) is 0 Å². The Hall–Kier alpha value is -2.33. The smallest absolute Gasteiger partial charge is 0.302 e. The van der Waals surface area contributed by atoms with Crippen molar-refractivity contribution in [3.63, 3.8) is 0 Å². The van der Waals surface area contributed by atoms with Crippen LogP contribution in [0.15, 0.2) is 53.1 Å². The maximum atomic E-state index is 5.59. The van der Waals surface area contributed by atoms with Crippen LogP contribution in [0.4, 0.5) is 11.7 Å². The quantitative estimate of drug-likeness (QED) is 0.786. The molecular formula is C16H17N3O. The molecular weight excluding hydrogens is 250 g/mol. The third-order valence-corrected chi connectivity index (χ3v) is 3.35. The van der Waals surface area contributed by atoms with Gasteiger partial charge in [0.2, 0.25) is 0 Å². The second-order valence-corrected chi connectivity index (χ2v) is 4.57. The Kier molecular flexibility index (Phi) is 3.39. The zero-order valence-electron chi connectivity index (χ0n) is 11.4. The van der Waals surface area contributed by atoms with Crippen LogP contribution in [0, 0.1) is 0 Å². The summed E-state index contributed by atoms with van der Waals surface area (Å²) < 4.78 is 5.55. The normalized spacial score (nSPS) is 10.9. The molecule has 1 heterocycles. The minimum atomic E-state index is 0.386. The summed E-state index contributed by atoms with van der Waals surface area (Å²) in [5.74, 6) is 0. The fraction of sp³-hybridized carbons (Fsp3) is 0.188. The fourth-order valence-electron chi connectivity index (χ4n) is 2.37. The van der Waals surface area contributed by atoms with Crippen LogP contribution in [-0.4, -0.2) is 11.5 Å². The molecule has 3 rings (SSSR count). The van der Waals surface area contributed by atoms with Gasteiger partial charge in [-0.3, -0.25) is 4.90 Å². The average molecular weight is 267 g/mol. The Balaban J connectivity index is 2.11. The molecule has 0 aliphatic rings. The van der Waals surface area contributed by atoms with Crippen molar-refractivity contribution in [1.29, 1.82) is 0 Å². The lowest BCUT2D eigenvalue weighted by Gasteiger charge is -2.20. The van der Waals surface area contributed by atoms with Crippen LogP contribution < -0.4 is 10.6 Å². The van der Waals surface area contributed by atoms with E-state index in [0.717, 1.165) is 17.9 Å². The number of rotatable bonds is 4. The summed E-state index contributed by atoms with van der Waals surface area (Å²) in [7, 11) is 0. The van der Waals surface area contributed by atoms with Gasteiger partial charge in [0.1, 0.15) is 6.26 Å². The minimum Gasteiger partial charge on any atom is -0.431 e. The summed E-state index contributed by atoms with van der Waals surface area (Å²) in [6.45, 7) is 3.24. The first-order valence-corrected chi connectivity index (χ1v) is 6.73. The number of anilines is 2. The van der Waals surface area contributed by atoms with Crippen LogP contribution >= 0.6 is 0 Å². The Bertz CT molecular complexity index is 715. The van der Waals surface area contributed by atoms with Crippen molar-refractivity contribution in [2.75, 3.05) is 11.4 Å². The number of nitrogens with zero attached hydrogens (tertiary/aromatic N) is 2. The van der Waals surface area contributed by atoms with Crippen molar-refractivity contribution in [2.45, 2.75) is 13.5 Å². The number of benzene rings is 2. The molecule has 0 atom stereocenters. The van der Waals surface area contributed by atoms with Crippen LogP contribution in [-0.2, 0) is 6.54 Å². The third kappa shape index (κ3) is 2.14. The molecule has 0 aliphatic heterocycles. The highest BCUT2D eigenvalue weighted by Crippen LogP contribution is 2.31. The van der Waals surface area contributed by atoms with Crippen molar-refractivity contribution in [3.05, 3.63) is 54.4 Å². The summed E-state index contributed by atoms with van der Waals surface area (Å²) in [6.07, 6.45) is 1.61. The average Bonchev–Trinajstić information content (AvgIpc) is 2.97. The molecule has 0 bridgehead atoms. The number of hydrogen-bond acceptors (Lipinski definition) is 4. The maximum Gasteiger partial charge on any atom is 0.302 e. The molecule has 102 valence electrons. The van der Waals surface area contributed by atoms with Gasteiger partial charge in [-0.05, 0) is 18.4 Å². The summed E-state index contributed by atoms with van der Waals surface area (Å²) in [5, 5.41) is 2.39. The van der Waals surface area contributed by atoms with Crippen LogP contribution in [0.3, 0.4) is 0 Å². The van der Waals surface area contributed by atoms with Gasteiger partial charge < -0.3 is 10.2 Å². The molecule has 3 aromatic rings. The molecule has 0 saturated heterocycles. The van der Waals surface area contributed by atoms with E-state index in [2.05, 4.69) is 41.1 Å². The van der Waals surface area contributed by atoms with Crippen molar-refractivity contribution in [1.82, 2.24) is 4.98 Å². The summed E-state index contributed by atoms with van der Waals surface area (Å²) in [4.78, 5) is 6.47. The zero-order chi connectivity index (χ0) is 13.9. The first kappa shape index (κ1) is 12.7. The molecule has 0 radical (unpaired) electrons. The Morgan fingerprint density at radius 3 is 2.70 bits per heavy atom. The lowest BCUT2D eigenvalue weighted by molar-refractivity contribution is 0.554. The number of hydrogen-bond donors (Lipinski definition) is 1. The van der Waals surface area contributed by atoms with Gasteiger partial charge in [0.15, 0.2) is 0 Å². The number of oxazole rings is 1. The standard InChI is InChI=1S/C16H17N3O/c1-2-19(16-18-13(10-17)11-20-16)15-9-5-7-12-6-3-4-8-14(12)15/h3-9,11H,2,10,17H2,1H3. The molecule has 4 heteroatoms. The van der Waals surface area contributed by atoms with Gasteiger partial charge in [-0.2, -0.15) is 4.98 Å². The van der Waals surface area contributed by atoms with Crippen molar-refractivity contribution in [3.8, 4) is 0 Å². The second-order valence-electron chi connectivity index (χ2n) is 4.57. The third-order valence-electron chi connectivity index (χ3n) is 3.35. The SMILES string of the molecule is CCN(c1nc(CN)co1)c1cccc2ccccc12. The lowest BCUT2D eigenvalue weighted by atomic mass is 10.1. The number of nitrogens with two attached hydrogens (primary N) is 1. The maximum absolute atomic E-state index is 5.59. The highest BCUT2D eigenvalue weighted by molar-refractivity contribution is 5.95. The van der Waals surface area contributed by atoms with E-state index in [1.807, 2.05) is 18.2 Å². The van der Waals surface area contributed by atoms with E-state index in [4.69, 9.17) is 10.2 Å². The predicted octanol–water partition coefficient (Wildman–Crippen LogP) is 3.44. The van der Waals surface area contributed by atoms with Crippen LogP contribution in [0.5, 0.6) is 0 Å². The number of aromatic nitrogens is 1. The van der Waals surface area contributed by atoms with E-state index in [-0.39, 0.29) is 0 Å². The van der Waals surface area contributed by atoms with Crippen LogP contribution in [0.25, 0.3) is 10.8 Å². The molecule has 2 aromatic carbocycles. The fourth-order valence-corrected chi connectivity index (χ4v) is 2.37. The van der Waals surface area contributed by atoms with E-state index in [9.17, 15) is 0 Å². The Morgan fingerprint density at radius 1 is 1.15 bits per heavy atom. The molecule has 20 heavy (non-hydrogen) atoms. The first-order chi connectivity index (χ1) is 9.83. The molecule has 2 N–H and O–H groups in total. The molecule has 0 unspecified atom stereocenters. The molecule has 0 fully saturated rings. The van der Waals surface area contributed by atoms with Crippen molar-refractivity contribution < 1.29 is 4.42 Å². The highest BCUT2D eigenvalue weighted by Gasteiger charge is 2.15. The monoisotopic (exact) mass is 267 g/mol. The Labute approximate surface area is 117 Å². The zero-order valence-corrected chi connectivity index (χ0v) is 11.4. The molecule has 0 spiro atoms. The molecule has 0 aliphatic carbocycles. The molecule has 0 saturated carbocycles. The Morgan fingerprint density at radius 2 is 1.95 bits per heavy atom. The van der Waals surface area contributed by atoms with Gasteiger partial charge >= 0.3 is 6.01 Å². The van der Waals surface area contributed by atoms with Crippen LogP contribution in [0.2, 0.25) is 0 Å². The number of fused-ring (bicyclic) bond motifs is 1. The summed E-state index contributed by atoms with van der Waals surface area (Å²) >= 11 is 0. The van der Waals surface area contributed by atoms with Crippen molar-refractivity contribution in [2.24, 2.45) is 5.73 Å². The predicted molar refractivity (Wildman–Crippen MR) is 81.0 cm³/mol. The van der Waals surface area contributed by atoms with Gasteiger partial charge in [0.05, 0.1) is 11.4 Å². The lowest BCUT2D eigenvalue weighted by Crippen LogP contribution is -2.16. The van der Waals surface area contributed by atoms with E-state index in [0.29, 0.717) is 12.6 Å². The second kappa shape index (κ2) is 5.35.